The Morgan fingerprint density at radius 3 is 2.29 bits per heavy atom. The molecule has 0 saturated heterocycles. The molecule has 0 unspecified atom stereocenters. The first-order valence-electron chi connectivity index (χ1n) is 6.75. The van der Waals surface area contributed by atoms with Crippen molar-refractivity contribution in [3.63, 3.8) is 0 Å². The van der Waals surface area contributed by atoms with Gasteiger partial charge in [0.15, 0.2) is 0 Å². The Kier molecular flexibility index (Phi) is 5.05. The maximum absolute atomic E-state index is 4.37. The number of benzene rings is 2. The molecule has 0 aliphatic heterocycles. The van der Waals surface area contributed by atoms with E-state index in [4.69, 9.17) is 0 Å². The molecule has 0 atom stereocenters. The molecule has 0 spiro atoms. The van der Waals surface area contributed by atoms with Gasteiger partial charge in [0.1, 0.15) is 5.82 Å². The van der Waals surface area contributed by atoms with E-state index in [-0.39, 0.29) is 20.1 Å². The maximum atomic E-state index is 4.37. The largest absolute Gasteiger partial charge is 0.320 e. The third-order valence-electron chi connectivity index (χ3n) is 3.17. The zero-order chi connectivity index (χ0) is 13.9. The standard InChI is InChI=1S/C17H16N3.Ir/c1-13(2)16-18-19-17(14-9-5-3-6-10-14)20(16)15-11-7-4-8-12-15;/h3-9,11-13H,1-2H3;/q-1;. The monoisotopic (exact) mass is 455 g/mol. The van der Waals surface area contributed by atoms with Crippen molar-refractivity contribution in [1.82, 2.24) is 14.8 Å². The van der Waals surface area contributed by atoms with Crippen molar-refractivity contribution in [1.29, 1.82) is 0 Å². The average molecular weight is 455 g/mol. The molecule has 21 heavy (non-hydrogen) atoms. The first-order valence-corrected chi connectivity index (χ1v) is 6.75. The van der Waals surface area contributed by atoms with Gasteiger partial charge in [0.25, 0.3) is 0 Å². The molecule has 109 valence electrons. The van der Waals surface area contributed by atoms with Gasteiger partial charge in [-0.05, 0) is 12.1 Å². The van der Waals surface area contributed by atoms with Crippen molar-refractivity contribution < 1.29 is 20.1 Å². The molecule has 0 bridgehead atoms. The molecule has 3 aromatic rings. The van der Waals surface area contributed by atoms with Crippen LogP contribution in [-0.2, 0) is 20.1 Å². The van der Waals surface area contributed by atoms with Gasteiger partial charge >= 0.3 is 0 Å². The Morgan fingerprint density at radius 2 is 1.67 bits per heavy atom. The topological polar surface area (TPSA) is 30.7 Å². The fourth-order valence-corrected chi connectivity index (χ4v) is 2.21. The van der Waals surface area contributed by atoms with Gasteiger partial charge in [-0.15, -0.1) is 41.0 Å². The van der Waals surface area contributed by atoms with Gasteiger partial charge in [0, 0.05) is 31.7 Å². The summed E-state index contributed by atoms with van der Waals surface area (Å²) in [7, 11) is 0. The van der Waals surface area contributed by atoms with Crippen molar-refractivity contribution >= 4 is 0 Å². The van der Waals surface area contributed by atoms with Crippen molar-refractivity contribution in [2.24, 2.45) is 0 Å². The van der Waals surface area contributed by atoms with Gasteiger partial charge in [0.2, 0.25) is 0 Å². The van der Waals surface area contributed by atoms with Crippen LogP contribution < -0.4 is 0 Å². The van der Waals surface area contributed by atoms with E-state index in [0.29, 0.717) is 5.92 Å². The Balaban J connectivity index is 0.00000161. The van der Waals surface area contributed by atoms with Gasteiger partial charge in [-0.1, -0.05) is 32.0 Å². The summed E-state index contributed by atoms with van der Waals surface area (Å²) in [5.41, 5.74) is 2.03. The van der Waals surface area contributed by atoms with E-state index in [9.17, 15) is 0 Å². The van der Waals surface area contributed by atoms with Crippen LogP contribution in [0.25, 0.3) is 17.1 Å². The molecular weight excluding hydrogens is 438 g/mol. The van der Waals surface area contributed by atoms with E-state index in [2.05, 4.69) is 46.8 Å². The van der Waals surface area contributed by atoms with Crippen molar-refractivity contribution in [3.05, 3.63) is 66.5 Å². The summed E-state index contributed by atoms with van der Waals surface area (Å²) in [5.74, 6) is 2.10. The van der Waals surface area contributed by atoms with E-state index in [1.54, 1.807) is 0 Å². The van der Waals surface area contributed by atoms with E-state index < -0.39 is 0 Å². The number of nitrogens with zero attached hydrogens (tertiary/aromatic N) is 3. The Labute approximate surface area is 138 Å². The minimum Gasteiger partial charge on any atom is -0.320 e. The van der Waals surface area contributed by atoms with E-state index >= 15 is 0 Å². The second-order valence-electron chi connectivity index (χ2n) is 4.98. The summed E-state index contributed by atoms with van der Waals surface area (Å²) in [5, 5.41) is 8.73. The molecule has 1 heterocycles. The van der Waals surface area contributed by atoms with E-state index in [0.717, 1.165) is 22.9 Å². The quantitative estimate of drug-likeness (QED) is 0.563. The van der Waals surface area contributed by atoms with Crippen LogP contribution in [0.15, 0.2) is 54.6 Å². The van der Waals surface area contributed by atoms with Gasteiger partial charge in [0.05, 0.1) is 5.82 Å². The number of aromatic nitrogens is 3. The fraction of sp³-hybridized carbons (Fsp3) is 0.176. The first-order chi connectivity index (χ1) is 9.77. The smallest absolute Gasteiger partial charge is 0.131 e. The summed E-state index contributed by atoms with van der Waals surface area (Å²) in [6, 6.07) is 21.3. The minimum atomic E-state index is 0. The van der Waals surface area contributed by atoms with Gasteiger partial charge in [-0.3, -0.25) is 0 Å². The second kappa shape index (κ2) is 6.79. The molecule has 3 nitrogen and oxygen atoms in total. The van der Waals surface area contributed by atoms with Gasteiger partial charge < -0.3 is 4.57 Å². The molecule has 0 saturated carbocycles. The molecule has 3 rings (SSSR count). The molecule has 0 aliphatic rings. The van der Waals surface area contributed by atoms with Crippen LogP contribution in [0.4, 0.5) is 0 Å². The first kappa shape index (κ1) is 15.6. The van der Waals surface area contributed by atoms with Crippen molar-refractivity contribution in [2.75, 3.05) is 0 Å². The molecular formula is C17H16IrN3-. The van der Waals surface area contributed by atoms with Crippen molar-refractivity contribution in [3.8, 4) is 17.1 Å². The summed E-state index contributed by atoms with van der Waals surface area (Å²) in [6.45, 7) is 4.25. The van der Waals surface area contributed by atoms with E-state index in [1.165, 1.54) is 0 Å². The number of para-hydroxylation sites is 1. The predicted octanol–water partition coefficient (Wildman–Crippen LogP) is 3.86. The summed E-state index contributed by atoms with van der Waals surface area (Å²) >= 11 is 0. The average Bonchev–Trinajstić information content (AvgIpc) is 2.94. The summed E-state index contributed by atoms with van der Waals surface area (Å²) in [6.07, 6.45) is 0. The second-order valence-corrected chi connectivity index (χ2v) is 4.98. The van der Waals surface area contributed by atoms with Crippen LogP contribution in [-0.4, -0.2) is 14.8 Å². The van der Waals surface area contributed by atoms with Crippen LogP contribution in [0.2, 0.25) is 0 Å². The van der Waals surface area contributed by atoms with Crippen molar-refractivity contribution in [2.45, 2.75) is 19.8 Å². The minimum absolute atomic E-state index is 0. The van der Waals surface area contributed by atoms with Crippen LogP contribution in [0.3, 0.4) is 0 Å². The fourth-order valence-electron chi connectivity index (χ4n) is 2.21. The van der Waals surface area contributed by atoms with E-state index in [1.807, 2.05) is 42.5 Å². The van der Waals surface area contributed by atoms with Gasteiger partial charge in [-0.2, -0.15) is 5.10 Å². The van der Waals surface area contributed by atoms with Crippen LogP contribution in [0, 0.1) is 6.07 Å². The SMILES string of the molecule is CC(C)c1nnc(-c2[c-]cccc2)n1-c1ccccc1.[Ir]. The van der Waals surface area contributed by atoms with Crippen LogP contribution in [0.5, 0.6) is 0 Å². The Bertz CT molecular complexity index is 691. The molecule has 0 amide bonds. The third kappa shape index (κ3) is 3.12. The summed E-state index contributed by atoms with van der Waals surface area (Å²) in [4.78, 5) is 0. The Hall–Kier alpha value is -1.77. The molecule has 1 aromatic heterocycles. The molecule has 0 fully saturated rings. The number of hydrogen-bond acceptors (Lipinski definition) is 2. The predicted molar refractivity (Wildman–Crippen MR) is 79.7 cm³/mol. The summed E-state index contributed by atoms with van der Waals surface area (Å²) < 4.78 is 2.11. The normalized spacial score (nSPS) is 10.4. The van der Waals surface area contributed by atoms with Gasteiger partial charge in [-0.25, -0.2) is 0 Å². The molecule has 0 aliphatic carbocycles. The zero-order valence-electron chi connectivity index (χ0n) is 11.9. The molecule has 0 N–H and O–H groups in total. The van der Waals surface area contributed by atoms with Crippen LogP contribution >= 0.6 is 0 Å². The molecule has 1 radical (unpaired) electrons. The Morgan fingerprint density at radius 1 is 0.952 bits per heavy atom. The maximum Gasteiger partial charge on any atom is 0.131 e. The zero-order valence-corrected chi connectivity index (χ0v) is 14.3. The van der Waals surface area contributed by atoms with Crippen LogP contribution in [0.1, 0.15) is 25.6 Å². The third-order valence-corrected chi connectivity index (χ3v) is 3.17. The number of hydrogen-bond donors (Lipinski definition) is 0. The molecule has 2 aromatic carbocycles. The molecule has 4 heteroatoms. The number of rotatable bonds is 3.